The molecule has 0 aromatic rings. The Morgan fingerprint density at radius 1 is 0.765 bits per heavy atom. The van der Waals surface area contributed by atoms with Crippen LogP contribution in [0.15, 0.2) is 12.3 Å². The molecule has 0 atom stereocenters. The van der Waals surface area contributed by atoms with Crippen LogP contribution in [0.4, 0.5) is 0 Å². The van der Waals surface area contributed by atoms with E-state index in [-0.39, 0.29) is 5.97 Å². The molecule has 0 aliphatic carbocycles. The van der Waals surface area contributed by atoms with Gasteiger partial charge in [-0.3, -0.25) is 4.79 Å². The lowest BCUT2D eigenvalue weighted by atomic mass is 10.1. The van der Waals surface area contributed by atoms with Crippen molar-refractivity contribution in [3.8, 4) is 0 Å². The minimum atomic E-state index is -0.0756. The highest BCUT2D eigenvalue weighted by Gasteiger charge is 2.00. The van der Waals surface area contributed by atoms with Crippen LogP contribution in [0.3, 0.4) is 0 Å². The molecular formula is C15H26O2. The van der Waals surface area contributed by atoms with E-state index in [1.54, 1.807) is 6.26 Å². The van der Waals surface area contributed by atoms with E-state index in [2.05, 4.69) is 0 Å². The molecule has 0 spiro atoms. The zero-order chi connectivity index (χ0) is 12.2. The van der Waals surface area contributed by atoms with Crippen molar-refractivity contribution in [1.29, 1.82) is 0 Å². The highest BCUT2D eigenvalue weighted by molar-refractivity contribution is 5.69. The number of hydrogen-bond donors (Lipinski definition) is 0. The van der Waals surface area contributed by atoms with Gasteiger partial charge in [-0.25, -0.2) is 0 Å². The minimum absolute atomic E-state index is 0.0756. The van der Waals surface area contributed by atoms with E-state index in [9.17, 15) is 4.79 Å². The highest BCUT2D eigenvalue weighted by atomic mass is 16.5. The van der Waals surface area contributed by atoms with Gasteiger partial charge in [0.15, 0.2) is 0 Å². The predicted molar refractivity (Wildman–Crippen MR) is 70.6 cm³/mol. The topological polar surface area (TPSA) is 26.3 Å². The number of esters is 1. The summed E-state index contributed by atoms with van der Waals surface area (Å²) >= 11 is 0. The zero-order valence-electron chi connectivity index (χ0n) is 11.0. The molecule has 0 aromatic heterocycles. The maximum atomic E-state index is 11.3. The summed E-state index contributed by atoms with van der Waals surface area (Å²) in [5.74, 6) is -0.0756. The Morgan fingerprint density at radius 3 is 1.94 bits per heavy atom. The molecule has 98 valence electrons. The summed E-state index contributed by atoms with van der Waals surface area (Å²) < 4.78 is 5.02. The van der Waals surface area contributed by atoms with Crippen molar-refractivity contribution in [2.45, 2.75) is 77.0 Å². The molecule has 1 heterocycles. The minimum Gasteiger partial charge on any atom is -0.435 e. The van der Waals surface area contributed by atoms with E-state index in [4.69, 9.17) is 4.74 Å². The first-order chi connectivity index (χ1) is 8.39. The first kappa shape index (κ1) is 14.3. The zero-order valence-corrected chi connectivity index (χ0v) is 11.0. The lowest BCUT2D eigenvalue weighted by Crippen LogP contribution is -1.99. The van der Waals surface area contributed by atoms with Crippen molar-refractivity contribution in [1.82, 2.24) is 0 Å². The van der Waals surface area contributed by atoms with Gasteiger partial charge in [-0.1, -0.05) is 51.4 Å². The van der Waals surface area contributed by atoms with Crippen LogP contribution in [0.25, 0.3) is 0 Å². The number of carbonyl (C=O) groups is 1. The van der Waals surface area contributed by atoms with Gasteiger partial charge in [0.05, 0.1) is 6.26 Å². The highest BCUT2D eigenvalue weighted by Crippen LogP contribution is 2.12. The molecule has 0 bridgehead atoms. The lowest BCUT2D eigenvalue weighted by molar-refractivity contribution is -0.138. The van der Waals surface area contributed by atoms with Crippen LogP contribution in [0.5, 0.6) is 0 Å². The van der Waals surface area contributed by atoms with Gasteiger partial charge in [-0.05, 0) is 25.3 Å². The molecule has 0 aromatic carbocycles. The Morgan fingerprint density at radius 2 is 1.29 bits per heavy atom. The first-order valence-corrected chi connectivity index (χ1v) is 7.24. The second-order valence-corrected chi connectivity index (χ2v) is 4.94. The number of hydrogen-bond acceptors (Lipinski definition) is 2. The van der Waals surface area contributed by atoms with E-state index in [0.29, 0.717) is 6.42 Å². The van der Waals surface area contributed by atoms with E-state index in [1.165, 1.54) is 57.8 Å². The molecular weight excluding hydrogens is 212 g/mol. The molecule has 17 heavy (non-hydrogen) atoms. The molecule has 0 unspecified atom stereocenters. The van der Waals surface area contributed by atoms with Gasteiger partial charge in [-0.2, -0.15) is 0 Å². The number of ether oxygens (including phenoxy) is 1. The third kappa shape index (κ3) is 8.96. The number of carbonyl (C=O) groups excluding carboxylic acids is 1. The normalized spacial score (nSPS) is 23.9. The molecule has 1 rings (SSSR count). The maximum Gasteiger partial charge on any atom is 0.310 e. The van der Waals surface area contributed by atoms with Crippen LogP contribution >= 0.6 is 0 Å². The Kier molecular flexibility index (Phi) is 8.71. The van der Waals surface area contributed by atoms with Crippen molar-refractivity contribution in [2.24, 2.45) is 0 Å². The molecule has 0 N–H and O–H groups in total. The van der Waals surface area contributed by atoms with Gasteiger partial charge in [0, 0.05) is 6.42 Å². The fourth-order valence-corrected chi connectivity index (χ4v) is 2.20. The van der Waals surface area contributed by atoms with Crippen molar-refractivity contribution < 1.29 is 9.53 Å². The lowest BCUT2D eigenvalue weighted by Gasteiger charge is -2.03. The van der Waals surface area contributed by atoms with Gasteiger partial charge in [0.25, 0.3) is 0 Å². The molecule has 1 aliphatic rings. The Bertz CT molecular complexity index is 221. The SMILES string of the molecule is O=C1CCCCCCCCCCCC/C=C\O1. The van der Waals surface area contributed by atoms with Crippen LogP contribution in [-0.4, -0.2) is 5.97 Å². The summed E-state index contributed by atoms with van der Waals surface area (Å²) in [6.45, 7) is 0. The molecule has 1 aliphatic heterocycles. The van der Waals surface area contributed by atoms with Crippen LogP contribution in [0, 0.1) is 0 Å². The van der Waals surface area contributed by atoms with E-state index in [0.717, 1.165) is 12.8 Å². The molecule has 0 amide bonds. The molecule has 0 saturated carbocycles. The fraction of sp³-hybridized carbons (Fsp3) is 0.800. The van der Waals surface area contributed by atoms with Crippen LogP contribution < -0.4 is 0 Å². The van der Waals surface area contributed by atoms with Crippen molar-refractivity contribution in [3.05, 3.63) is 12.3 Å². The Labute approximate surface area is 105 Å². The van der Waals surface area contributed by atoms with Crippen LogP contribution in [0.1, 0.15) is 77.0 Å². The molecule has 0 saturated heterocycles. The quantitative estimate of drug-likeness (QED) is 0.570. The summed E-state index contributed by atoms with van der Waals surface area (Å²) in [5.41, 5.74) is 0. The van der Waals surface area contributed by atoms with E-state index < -0.39 is 0 Å². The van der Waals surface area contributed by atoms with Gasteiger partial charge in [0.1, 0.15) is 0 Å². The third-order valence-electron chi connectivity index (χ3n) is 3.30. The second-order valence-electron chi connectivity index (χ2n) is 4.94. The third-order valence-corrected chi connectivity index (χ3v) is 3.30. The summed E-state index contributed by atoms with van der Waals surface area (Å²) in [4.78, 5) is 11.3. The van der Waals surface area contributed by atoms with Gasteiger partial charge >= 0.3 is 5.97 Å². The van der Waals surface area contributed by atoms with Crippen molar-refractivity contribution in [3.63, 3.8) is 0 Å². The maximum absolute atomic E-state index is 11.3. The average Bonchev–Trinajstić information content (AvgIpc) is 2.32. The van der Waals surface area contributed by atoms with Gasteiger partial charge in [0.2, 0.25) is 0 Å². The average molecular weight is 238 g/mol. The molecule has 2 heteroatoms. The molecule has 0 fully saturated rings. The summed E-state index contributed by atoms with van der Waals surface area (Å²) in [6, 6.07) is 0. The fourth-order valence-electron chi connectivity index (χ4n) is 2.20. The molecule has 2 nitrogen and oxygen atoms in total. The predicted octanol–water partition coefficient (Wildman–Crippen LogP) is 4.74. The van der Waals surface area contributed by atoms with Gasteiger partial charge < -0.3 is 4.74 Å². The standard InChI is InChI=1S/C15H26O2/c16-15-13-11-9-7-5-3-1-2-4-6-8-10-12-14-17-15/h12,14H,1-11,13H2/b14-12-. The monoisotopic (exact) mass is 238 g/mol. The molecule has 0 radical (unpaired) electrons. The largest absolute Gasteiger partial charge is 0.435 e. The number of allylic oxidation sites excluding steroid dienone is 1. The van der Waals surface area contributed by atoms with Crippen molar-refractivity contribution in [2.75, 3.05) is 0 Å². The van der Waals surface area contributed by atoms with Crippen LogP contribution in [0.2, 0.25) is 0 Å². The summed E-state index contributed by atoms with van der Waals surface area (Å²) in [5, 5.41) is 0. The van der Waals surface area contributed by atoms with Crippen LogP contribution in [-0.2, 0) is 9.53 Å². The summed E-state index contributed by atoms with van der Waals surface area (Å²) in [6.07, 6.45) is 17.9. The summed E-state index contributed by atoms with van der Waals surface area (Å²) in [7, 11) is 0. The number of cyclic esters (lactones) is 1. The second kappa shape index (κ2) is 10.4. The number of rotatable bonds is 0. The Balaban J connectivity index is 2.19. The van der Waals surface area contributed by atoms with Gasteiger partial charge in [-0.15, -0.1) is 0 Å². The van der Waals surface area contributed by atoms with E-state index >= 15 is 0 Å². The van der Waals surface area contributed by atoms with E-state index in [1.807, 2.05) is 6.08 Å². The Hall–Kier alpha value is -0.790. The van der Waals surface area contributed by atoms with Crippen molar-refractivity contribution >= 4 is 5.97 Å². The first-order valence-electron chi connectivity index (χ1n) is 7.24. The smallest absolute Gasteiger partial charge is 0.310 e.